The second-order valence-electron chi connectivity index (χ2n) is 4.14. The number of halogens is 3. The Morgan fingerprint density at radius 1 is 1.37 bits per heavy atom. The number of rotatable bonds is 4. The van der Waals surface area contributed by atoms with Crippen molar-refractivity contribution in [1.29, 1.82) is 0 Å². The lowest BCUT2D eigenvalue weighted by atomic mass is 10.0. The van der Waals surface area contributed by atoms with Gasteiger partial charge in [-0.3, -0.25) is 0 Å². The number of aromatic nitrogens is 3. The van der Waals surface area contributed by atoms with E-state index in [2.05, 4.69) is 20.7 Å². The molecule has 102 valence electrons. The monoisotopic (exact) mass is 270 g/mol. The highest BCUT2D eigenvalue weighted by atomic mass is 19.4. The molecule has 0 aliphatic rings. The fourth-order valence-corrected chi connectivity index (χ4v) is 1.84. The smallest absolute Gasteiger partial charge is 0.311 e. The summed E-state index contributed by atoms with van der Waals surface area (Å²) in [7, 11) is 1.73. The second-order valence-corrected chi connectivity index (χ2v) is 4.14. The van der Waals surface area contributed by atoms with Crippen molar-refractivity contribution in [1.82, 2.24) is 20.7 Å². The number of hydrogen-bond acceptors (Lipinski definition) is 3. The molecule has 2 N–H and O–H groups in total. The Labute approximate surface area is 108 Å². The highest BCUT2D eigenvalue weighted by Gasteiger charge is 2.30. The van der Waals surface area contributed by atoms with Gasteiger partial charge in [0.2, 0.25) is 0 Å². The minimum Gasteiger partial charge on any atom is -0.311 e. The van der Waals surface area contributed by atoms with Gasteiger partial charge in [0.05, 0.1) is 23.5 Å². The van der Waals surface area contributed by atoms with Crippen molar-refractivity contribution in [2.24, 2.45) is 0 Å². The molecule has 0 aliphatic carbocycles. The van der Waals surface area contributed by atoms with Crippen molar-refractivity contribution in [2.45, 2.75) is 18.6 Å². The summed E-state index contributed by atoms with van der Waals surface area (Å²) in [6, 6.07) is 5.12. The van der Waals surface area contributed by atoms with Gasteiger partial charge >= 0.3 is 6.18 Å². The van der Waals surface area contributed by atoms with E-state index in [0.29, 0.717) is 17.7 Å². The number of hydrogen-bond donors (Lipinski definition) is 2. The van der Waals surface area contributed by atoms with Crippen LogP contribution in [0.4, 0.5) is 13.2 Å². The molecule has 2 aromatic rings. The van der Waals surface area contributed by atoms with Crippen LogP contribution in [0, 0.1) is 0 Å². The molecule has 4 nitrogen and oxygen atoms in total. The Bertz CT molecular complexity index is 522. The summed E-state index contributed by atoms with van der Waals surface area (Å²) in [6.45, 7) is 0. The molecule has 19 heavy (non-hydrogen) atoms. The Morgan fingerprint density at radius 2 is 2.16 bits per heavy atom. The van der Waals surface area contributed by atoms with Gasteiger partial charge < -0.3 is 5.32 Å². The molecule has 1 heterocycles. The van der Waals surface area contributed by atoms with E-state index in [1.807, 2.05) is 0 Å². The quantitative estimate of drug-likeness (QED) is 0.896. The van der Waals surface area contributed by atoms with Crippen molar-refractivity contribution in [3.05, 3.63) is 47.3 Å². The minimum atomic E-state index is -4.32. The number of likely N-dealkylation sites (N-methyl/N-ethyl adjacent to an activating group) is 1. The third kappa shape index (κ3) is 3.31. The summed E-state index contributed by atoms with van der Waals surface area (Å²) in [5.41, 5.74) is 0.622. The number of alkyl halides is 3. The maximum atomic E-state index is 12.6. The minimum absolute atomic E-state index is 0.178. The molecule has 0 aliphatic heterocycles. The van der Waals surface area contributed by atoms with Crippen molar-refractivity contribution in [3.63, 3.8) is 0 Å². The van der Waals surface area contributed by atoms with E-state index >= 15 is 0 Å². The van der Waals surface area contributed by atoms with Crippen molar-refractivity contribution < 1.29 is 13.2 Å². The predicted molar refractivity (Wildman–Crippen MR) is 63.3 cm³/mol. The van der Waals surface area contributed by atoms with E-state index in [0.717, 1.165) is 12.1 Å². The first-order valence-corrected chi connectivity index (χ1v) is 5.70. The first kappa shape index (κ1) is 13.5. The normalized spacial score (nSPS) is 13.5. The maximum Gasteiger partial charge on any atom is 0.416 e. The molecule has 0 saturated heterocycles. The average Bonchev–Trinajstić information content (AvgIpc) is 2.89. The first-order valence-electron chi connectivity index (χ1n) is 5.70. The van der Waals surface area contributed by atoms with Crippen molar-refractivity contribution in [3.8, 4) is 0 Å². The van der Waals surface area contributed by atoms with Crippen LogP contribution in [0.2, 0.25) is 0 Å². The maximum absolute atomic E-state index is 12.6. The zero-order chi connectivity index (χ0) is 13.9. The lowest BCUT2D eigenvalue weighted by Crippen LogP contribution is -2.19. The van der Waals surface area contributed by atoms with Crippen LogP contribution in [0.5, 0.6) is 0 Å². The lowest BCUT2D eigenvalue weighted by molar-refractivity contribution is -0.137. The van der Waals surface area contributed by atoms with Crippen LogP contribution in [-0.4, -0.2) is 22.5 Å². The van der Waals surface area contributed by atoms with E-state index in [1.54, 1.807) is 19.3 Å². The Morgan fingerprint density at radius 3 is 2.74 bits per heavy atom. The van der Waals surface area contributed by atoms with E-state index in [-0.39, 0.29) is 6.04 Å². The molecule has 1 aromatic carbocycles. The van der Waals surface area contributed by atoms with Gasteiger partial charge in [-0.15, -0.1) is 0 Å². The molecule has 2 rings (SSSR count). The molecule has 0 bridgehead atoms. The number of nitrogens with one attached hydrogen (secondary N) is 2. The summed E-state index contributed by atoms with van der Waals surface area (Å²) in [4.78, 5) is 0. The van der Waals surface area contributed by atoms with Gasteiger partial charge in [-0.25, -0.2) is 0 Å². The average molecular weight is 270 g/mol. The van der Waals surface area contributed by atoms with Crippen LogP contribution in [0.15, 0.2) is 30.5 Å². The number of H-pyrrole nitrogens is 1. The van der Waals surface area contributed by atoms with Gasteiger partial charge in [0, 0.05) is 0 Å². The summed E-state index contributed by atoms with van der Waals surface area (Å²) < 4.78 is 37.9. The molecule has 1 atom stereocenters. The molecule has 0 spiro atoms. The molecule has 0 amide bonds. The highest BCUT2D eigenvalue weighted by Crippen LogP contribution is 2.30. The molecular formula is C12H13F3N4. The molecule has 0 radical (unpaired) electrons. The highest BCUT2D eigenvalue weighted by molar-refractivity contribution is 5.27. The van der Waals surface area contributed by atoms with Crippen LogP contribution in [0.1, 0.15) is 22.9 Å². The number of benzene rings is 1. The molecule has 0 fully saturated rings. The van der Waals surface area contributed by atoms with Crippen molar-refractivity contribution >= 4 is 0 Å². The molecule has 1 aromatic heterocycles. The standard InChI is InChI=1S/C12H13F3N4/c1-16-10(11-7-17-19-18-11)6-8-3-2-4-9(5-8)12(13,14)15/h2-5,7,10,16H,6H2,1H3,(H,17,18,19). The lowest BCUT2D eigenvalue weighted by Gasteiger charge is -2.14. The zero-order valence-electron chi connectivity index (χ0n) is 10.2. The Balaban J connectivity index is 2.19. The summed E-state index contributed by atoms with van der Waals surface area (Å²) in [6.07, 6.45) is -2.36. The van der Waals surface area contributed by atoms with Crippen LogP contribution >= 0.6 is 0 Å². The number of aromatic amines is 1. The van der Waals surface area contributed by atoms with Gasteiger partial charge in [0.1, 0.15) is 0 Å². The largest absolute Gasteiger partial charge is 0.416 e. The van der Waals surface area contributed by atoms with E-state index < -0.39 is 11.7 Å². The number of nitrogens with zero attached hydrogens (tertiary/aromatic N) is 2. The predicted octanol–water partition coefficient (Wildman–Crippen LogP) is 2.33. The topological polar surface area (TPSA) is 53.6 Å². The summed E-state index contributed by atoms with van der Waals surface area (Å²) in [5, 5.41) is 13.1. The fourth-order valence-electron chi connectivity index (χ4n) is 1.84. The SMILES string of the molecule is CNC(Cc1cccc(C(F)(F)F)c1)c1cn[nH]n1. The van der Waals surface area contributed by atoms with E-state index in [9.17, 15) is 13.2 Å². The third-order valence-corrected chi connectivity index (χ3v) is 2.83. The van der Waals surface area contributed by atoms with Crippen LogP contribution in [0.25, 0.3) is 0 Å². The first-order chi connectivity index (χ1) is 9.00. The Kier molecular flexibility index (Phi) is 3.84. The van der Waals surface area contributed by atoms with Gasteiger partial charge in [0.15, 0.2) is 0 Å². The molecule has 7 heteroatoms. The second kappa shape index (κ2) is 5.40. The van der Waals surface area contributed by atoms with E-state index in [4.69, 9.17) is 0 Å². The van der Waals surface area contributed by atoms with Crippen LogP contribution in [-0.2, 0) is 12.6 Å². The van der Waals surface area contributed by atoms with Gasteiger partial charge in [-0.1, -0.05) is 18.2 Å². The van der Waals surface area contributed by atoms with Gasteiger partial charge in [0.25, 0.3) is 0 Å². The summed E-state index contributed by atoms with van der Waals surface area (Å²) in [5.74, 6) is 0. The molecule has 0 saturated carbocycles. The zero-order valence-corrected chi connectivity index (χ0v) is 10.2. The van der Waals surface area contributed by atoms with Gasteiger partial charge in [-0.05, 0) is 25.1 Å². The van der Waals surface area contributed by atoms with Crippen LogP contribution in [0.3, 0.4) is 0 Å². The molecule has 1 unspecified atom stereocenters. The fraction of sp³-hybridized carbons (Fsp3) is 0.333. The van der Waals surface area contributed by atoms with Crippen LogP contribution < -0.4 is 5.32 Å². The Hall–Kier alpha value is -1.89. The van der Waals surface area contributed by atoms with Crippen molar-refractivity contribution in [2.75, 3.05) is 7.05 Å². The third-order valence-electron chi connectivity index (χ3n) is 2.83. The summed E-state index contributed by atoms with van der Waals surface area (Å²) >= 11 is 0. The van der Waals surface area contributed by atoms with E-state index in [1.165, 1.54) is 6.07 Å². The van der Waals surface area contributed by atoms with Gasteiger partial charge in [-0.2, -0.15) is 28.6 Å². The molecular weight excluding hydrogens is 257 g/mol.